The van der Waals surface area contributed by atoms with Crippen LogP contribution in [0.15, 0.2) is 48.8 Å². The minimum atomic E-state index is -0.457. The summed E-state index contributed by atoms with van der Waals surface area (Å²) in [7, 11) is 1.61. The fourth-order valence-corrected chi connectivity index (χ4v) is 1.47. The number of pyridine rings is 1. The molecule has 19 heavy (non-hydrogen) atoms. The summed E-state index contributed by atoms with van der Waals surface area (Å²) in [6.07, 6.45) is 3.05. The molecule has 1 aromatic heterocycles. The second-order valence-electron chi connectivity index (χ2n) is 3.80. The van der Waals surface area contributed by atoms with Crippen LogP contribution in [0.25, 0.3) is 0 Å². The molecule has 0 radical (unpaired) electrons. The molecule has 2 aromatic rings. The predicted molar refractivity (Wildman–Crippen MR) is 69.5 cm³/mol. The van der Waals surface area contributed by atoms with Crippen LogP contribution in [0, 0.1) is 0 Å². The molecule has 0 spiro atoms. The van der Waals surface area contributed by atoms with E-state index in [1.165, 1.54) is 6.20 Å². The van der Waals surface area contributed by atoms with Crippen molar-refractivity contribution in [3.05, 3.63) is 59.9 Å². The van der Waals surface area contributed by atoms with Gasteiger partial charge in [0, 0.05) is 12.4 Å². The SMILES string of the molecule is COc1ccc(CNOC(=O)c2cccnc2)cc1. The first-order valence-electron chi connectivity index (χ1n) is 5.76. The summed E-state index contributed by atoms with van der Waals surface area (Å²) in [5.41, 5.74) is 4.01. The molecular weight excluding hydrogens is 244 g/mol. The maximum absolute atomic E-state index is 11.6. The predicted octanol–water partition coefficient (Wildman–Crippen LogP) is 1.95. The van der Waals surface area contributed by atoms with Crippen LogP contribution in [-0.2, 0) is 11.4 Å². The minimum Gasteiger partial charge on any atom is -0.497 e. The van der Waals surface area contributed by atoms with Crippen molar-refractivity contribution in [2.75, 3.05) is 7.11 Å². The zero-order chi connectivity index (χ0) is 13.5. The van der Waals surface area contributed by atoms with E-state index in [2.05, 4.69) is 10.5 Å². The largest absolute Gasteiger partial charge is 0.497 e. The molecule has 98 valence electrons. The zero-order valence-corrected chi connectivity index (χ0v) is 10.5. The Morgan fingerprint density at radius 2 is 2.05 bits per heavy atom. The third kappa shape index (κ3) is 3.79. The van der Waals surface area contributed by atoms with Gasteiger partial charge in [-0.3, -0.25) is 4.98 Å². The van der Waals surface area contributed by atoms with Gasteiger partial charge in [0.15, 0.2) is 0 Å². The van der Waals surface area contributed by atoms with E-state index < -0.39 is 5.97 Å². The maximum atomic E-state index is 11.6. The summed E-state index contributed by atoms with van der Waals surface area (Å²) in [5.74, 6) is 0.331. The van der Waals surface area contributed by atoms with Crippen molar-refractivity contribution in [2.45, 2.75) is 6.54 Å². The smallest absolute Gasteiger partial charge is 0.358 e. The number of hydroxylamine groups is 1. The lowest BCUT2D eigenvalue weighted by molar-refractivity contribution is 0.0237. The molecule has 0 saturated heterocycles. The molecule has 0 aliphatic rings. The van der Waals surface area contributed by atoms with Crippen molar-refractivity contribution in [1.29, 1.82) is 0 Å². The van der Waals surface area contributed by atoms with E-state index >= 15 is 0 Å². The standard InChI is InChI=1S/C14H14N2O3/c1-18-13-6-4-11(5-7-13)9-16-19-14(17)12-3-2-8-15-10-12/h2-8,10,16H,9H2,1H3. The van der Waals surface area contributed by atoms with Crippen LogP contribution >= 0.6 is 0 Å². The molecule has 0 fully saturated rings. The summed E-state index contributed by atoms with van der Waals surface area (Å²) in [6, 6.07) is 10.8. The van der Waals surface area contributed by atoms with Gasteiger partial charge in [-0.2, -0.15) is 0 Å². The summed E-state index contributed by atoms with van der Waals surface area (Å²) >= 11 is 0. The maximum Gasteiger partial charge on any atom is 0.358 e. The quantitative estimate of drug-likeness (QED) is 0.831. The number of ether oxygens (including phenoxy) is 1. The molecule has 0 atom stereocenters. The summed E-state index contributed by atoms with van der Waals surface area (Å²) in [5, 5.41) is 0. The van der Waals surface area contributed by atoms with E-state index in [4.69, 9.17) is 9.57 Å². The molecule has 0 aliphatic carbocycles. The van der Waals surface area contributed by atoms with Crippen molar-refractivity contribution in [3.8, 4) is 5.75 Å². The number of methoxy groups -OCH3 is 1. The molecule has 5 heteroatoms. The number of benzene rings is 1. The van der Waals surface area contributed by atoms with Crippen LogP contribution in [0.1, 0.15) is 15.9 Å². The van der Waals surface area contributed by atoms with Gasteiger partial charge in [0.1, 0.15) is 5.75 Å². The molecule has 0 bridgehead atoms. The fourth-order valence-electron chi connectivity index (χ4n) is 1.47. The lowest BCUT2D eigenvalue weighted by atomic mass is 10.2. The van der Waals surface area contributed by atoms with Crippen LogP contribution in [0.3, 0.4) is 0 Å². The molecule has 0 saturated carbocycles. The first-order valence-corrected chi connectivity index (χ1v) is 5.76. The Morgan fingerprint density at radius 1 is 1.26 bits per heavy atom. The number of carbonyl (C=O) groups is 1. The second-order valence-corrected chi connectivity index (χ2v) is 3.80. The lowest BCUT2D eigenvalue weighted by Crippen LogP contribution is -2.19. The molecule has 0 amide bonds. The minimum absolute atomic E-state index is 0.407. The third-order valence-corrected chi connectivity index (χ3v) is 2.50. The number of aromatic nitrogens is 1. The highest BCUT2D eigenvalue weighted by molar-refractivity contribution is 5.88. The average molecular weight is 258 g/mol. The molecule has 1 heterocycles. The van der Waals surface area contributed by atoms with Crippen molar-refractivity contribution in [1.82, 2.24) is 10.5 Å². The second kappa shape index (κ2) is 6.51. The number of carbonyl (C=O) groups excluding carboxylic acids is 1. The number of nitrogens with one attached hydrogen (secondary N) is 1. The van der Waals surface area contributed by atoms with Crippen molar-refractivity contribution >= 4 is 5.97 Å². The molecule has 0 unspecified atom stereocenters. The van der Waals surface area contributed by atoms with E-state index in [1.807, 2.05) is 24.3 Å². The van der Waals surface area contributed by atoms with Crippen molar-refractivity contribution in [2.24, 2.45) is 0 Å². The molecule has 1 N–H and O–H groups in total. The molecule has 5 nitrogen and oxygen atoms in total. The number of nitrogens with zero attached hydrogens (tertiary/aromatic N) is 1. The van der Waals surface area contributed by atoms with Gasteiger partial charge in [-0.05, 0) is 29.8 Å². The Balaban J connectivity index is 1.81. The van der Waals surface area contributed by atoms with Crippen LogP contribution in [0.4, 0.5) is 0 Å². The van der Waals surface area contributed by atoms with Crippen LogP contribution < -0.4 is 10.2 Å². The lowest BCUT2D eigenvalue weighted by Gasteiger charge is -2.06. The summed E-state index contributed by atoms with van der Waals surface area (Å²) < 4.78 is 5.06. The Bertz CT molecular complexity index is 526. The fraction of sp³-hybridized carbons (Fsp3) is 0.143. The highest BCUT2D eigenvalue weighted by Crippen LogP contribution is 2.10. The first kappa shape index (κ1) is 13.0. The van der Waals surface area contributed by atoms with E-state index in [0.29, 0.717) is 12.1 Å². The van der Waals surface area contributed by atoms with Crippen LogP contribution in [0.2, 0.25) is 0 Å². The van der Waals surface area contributed by atoms with Gasteiger partial charge in [-0.25, -0.2) is 4.79 Å². The van der Waals surface area contributed by atoms with Gasteiger partial charge in [-0.1, -0.05) is 12.1 Å². The van der Waals surface area contributed by atoms with Crippen molar-refractivity contribution in [3.63, 3.8) is 0 Å². The molecular formula is C14H14N2O3. The Morgan fingerprint density at radius 3 is 2.68 bits per heavy atom. The van der Waals surface area contributed by atoms with E-state index in [1.54, 1.807) is 25.4 Å². The number of hydrogen-bond acceptors (Lipinski definition) is 5. The first-order chi connectivity index (χ1) is 9.29. The topological polar surface area (TPSA) is 60.5 Å². The van der Waals surface area contributed by atoms with E-state index in [0.717, 1.165) is 11.3 Å². The van der Waals surface area contributed by atoms with Gasteiger partial charge < -0.3 is 9.57 Å². The zero-order valence-electron chi connectivity index (χ0n) is 10.5. The monoisotopic (exact) mass is 258 g/mol. The number of hydrogen-bond donors (Lipinski definition) is 1. The highest BCUT2D eigenvalue weighted by atomic mass is 16.7. The van der Waals surface area contributed by atoms with Crippen LogP contribution in [-0.4, -0.2) is 18.1 Å². The Kier molecular flexibility index (Phi) is 4.47. The van der Waals surface area contributed by atoms with Gasteiger partial charge in [-0.15, -0.1) is 5.48 Å². The van der Waals surface area contributed by atoms with Crippen LogP contribution in [0.5, 0.6) is 5.75 Å². The van der Waals surface area contributed by atoms with E-state index in [-0.39, 0.29) is 0 Å². The van der Waals surface area contributed by atoms with Gasteiger partial charge in [0.2, 0.25) is 0 Å². The summed E-state index contributed by atoms with van der Waals surface area (Å²) in [6.45, 7) is 0.427. The highest BCUT2D eigenvalue weighted by Gasteiger charge is 2.06. The molecule has 1 aromatic carbocycles. The summed E-state index contributed by atoms with van der Waals surface area (Å²) in [4.78, 5) is 20.4. The third-order valence-electron chi connectivity index (χ3n) is 2.50. The normalized spacial score (nSPS) is 9.95. The van der Waals surface area contributed by atoms with Gasteiger partial charge >= 0.3 is 5.97 Å². The Labute approximate surface area is 111 Å². The molecule has 2 rings (SSSR count). The average Bonchev–Trinajstić information content (AvgIpc) is 2.49. The van der Waals surface area contributed by atoms with E-state index in [9.17, 15) is 4.79 Å². The van der Waals surface area contributed by atoms with Crippen molar-refractivity contribution < 1.29 is 14.4 Å². The Hall–Kier alpha value is -2.40. The van der Waals surface area contributed by atoms with Gasteiger partial charge in [0.05, 0.1) is 19.2 Å². The van der Waals surface area contributed by atoms with Gasteiger partial charge in [0.25, 0.3) is 0 Å². The number of rotatable bonds is 5. The molecule has 0 aliphatic heterocycles.